The second kappa shape index (κ2) is 6.86. The number of thiazole rings is 1. The Balaban J connectivity index is 1.67. The third-order valence-electron chi connectivity index (χ3n) is 4.39. The highest BCUT2D eigenvalue weighted by Crippen LogP contribution is 2.29. The van der Waals surface area contributed by atoms with Crippen molar-refractivity contribution in [3.63, 3.8) is 0 Å². The SMILES string of the molecule is CNc1nc2c(c(=O)n(C)c(=O)n2C)n1CCSc1nc2ccccc2s1. The van der Waals surface area contributed by atoms with Gasteiger partial charge in [-0.2, -0.15) is 4.98 Å². The molecule has 0 saturated carbocycles. The molecule has 0 fully saturated rings. The zero-order valence-corrected chi connectivity index (χ0v) is 16.7. The number of anilines is 1. The summed E-state index contributed by atoms with van der Waals surface area (Å²) in [5.74, 6) is 1.29. The van der Waals surface area contributed by atoms with Crippen LogP contribution < -0.4 is 16.6 Å². The quantitative estimate of drug-likeness (QED) is 0.513. The summed E-state index contributed by atoms with van der Waals surface area (Å²) in [4.78, 5) is 33.8. The normalized spacial score (nSPS) is 11.5. The van der Waals surface area contributed by atoms with Gasteiger partial charge < -0.3 is 9.88 Å². The van der Waals surface area contributed by atoms with Crippen LogP contribution >= 0.6 is 23.1 Å². The number of imidazole rings is 1. The molecule has 0 aliphatic rings. The standard InChI is InChI=1S/C17H18N6O2S2/c1-18-15-20-13-12(14(24)22(3)17(25)21(13)2)23(15)8-9-26-16-19-10-6-4-5-7-11(10)27-16/h4-7H,8-9H2,1-3H3,(H,18,20). The lowest BCUT2D eigenvalue weighted by molar-refractivity contribution is 0.701. The summed E-state index contributed by atoms with van der Waals surface area (Å²) < 4.78 is 6.49. The molecule has 3 heterocycles. The van der Waals surface area contributed by atoms with Crippen molar-refractivity contribution in [3.05, 3.63) is 45.1 Å². The Morgan fingerprint density at radius 2 is 1.93 bits per heavy atom. The average Bonchev–Trinajstić information content (AvgIpc) is 3.25. The van der Waals surface area contributed by atoms with Gasteiger partial charge in [0.05, 0.1) is 10.2 Å². The first kappa shape index (κ1) is 17.8. The maximum absolute atomic E-state index is 12.6. The van der Waals surface area contributed by atoms with E-state index in [1.165, 1.54) is 11.6 Å². The average molecular weight is 403 g/mol. The fourth-order valence-corrected chi connectivity index (χ4v) is 5.06. The van der Waals surface area contributed by atoms with Gasteiger partial charge >= 0.3 is 5.69 Å². The van der Waals surface area contributed by atoms with Gasteiger partial charge in [0.15, 0.2) is 15.5 Å². The Kier molecular flexibility index (Phi) is 4.52. The van der Waals surface area contributed by atoms with E-state index in [1.807, 2.05) is 22.8 Å². The molecule has 0 bridgehead atoms. The number of benzene rings is 1. The number of nitrogens with zero attached hydrogens (tertiary/aromatic N) is 5. The molecule has 0 aliphatic carbocycles. The number of aryl methyl sites for hydroxylation is 2. The van der Waals surface area contributed by atoms with Gasteiger partial charge in [-0.25, -0.2) is 9.78 Å². The van der Waals surface area contributed by atoms with Crippen LogP contribution in [0.3, 0.4) is 0 Å². The summed E-state index contributed by atoms with van der Waals surface area (Å²) >= 11 is 3.30. The zero-order chi connectivity index (χ0) is 19.1. The molecular formula is C17H18N6O2S2. The van der Waals surface area contributed by atoms with Gasteiger partial charge in [-0.05, 0) is 12.1 Å². The first-order valence-corrected chi connectivity index (χ1v) is 10.1. The maximum Gasteiger partial charge on any atom is 0.332 e. The summed E-state index contributed by atoms with van der Waals surface area (Å²) in [6.07, 6.45) is 0. The number of para-hydroxylation sites is 1. The molecule has 140 valence electrons. The molecule has 0 saturated heterocycles. The van der Waals surface area contributed by atoms with Gasteiger partial charge in [0.2, 0.25) is 5.95 Å². The van der Waals surface area contributed by atoms with Crippen LogP contribution in [0.5, 0.6) is 0 Å². The van der Waals surface area contributed by atoms with E-state index in [0.717, 1.165) is 24.9 Å². The number of hydrogen-bond acceptors (Lipinski definition) is 7. The number of aromatic nitrogens is 5. The van der Waals surface area contributed by atoms with Crippen molar-refractivity contribution in [3.8, 4) is 0 Å². The second-order valence-corrected chi connectivity index (χ2v) is 8.38. The minimum Gasteiger partial charge on any atom is -0.359 e. The van der Waals surface area contributed by atoms with Crippen LogP contribution in [0.4, 0.5) is 5.95 Å². The summed E-state index contributed by atoms with van der Waals surface area (Å²) in [7, 11) is 4.86. The fourth-order valence-electron chi connectivity index (χ4n) is 2.99. The fraction of sp³-hybridized carbons (Fsp3) is 0.294. The largest absolute Gasteiger partial charge is 0.359 e. The van der Waals surface area contributed by atoms with Crippen molar-refractivity contribution >= 4 is 50.4 Å². The highest BCUT2D eigenvalue weighted by molar-refractivity contribution is 8.01. The monoisotopic (exact) mass is 402 g/mol. The second-order valence-electron chi connectivity index (χ2n) is 6.01. The Morgan fingerprint density at radius 3 is 2.67 bits per heavy atom. The number of fused-ring (bicyclic) bond motifs is 2. The Hall–Kier alpha value is -2.59. The van der Waals surface area contributed by atoms with Crippen LogP contribution in [0.1, 0.15) is 0 Å². The van der Waals surface area contributed by atoms with E-state index in [1.54, 1.807) is 37.2 Å². The van der Waals surface area contributed by atoms with Crippen LogP contribution in [0.15, 0.2) is 38.2 Å². The van der Waals surface area contributed by atoms with Crippen LogP contribution in [0.2, 0.25) is 0 Å². The van der Waals surface area contributed by atoms with Crippen molar-refractivity contribution < 1.29 is 0 Å². The predicted octanol–water partition coefficient (Wildman–Crippen LogP) is 1.88. The van der Waals surface area contributed by atoms with E-state index < -0.39 is 0 Å². The number of nitrogens with one attached hydrogen (secondary N) is 1. The topological polar surface area (TPSA) is 86.7 Å². The Labute approximate surface area is 162 Å². The van der Waals surface area contributed by atoms with E-state index in [2.05, 4.69) is 21.4 Å². The van der Waals surface area contributed by atoms with Crippen LogP contribution in [-0.2, 0) is 20.6 Å². The first-order chi connectivity index (χ1) is 13.0. The van der Waals surface area contributed by atoms with Crippen molar-refractivity contribution in [2.75, 3.05) is 18.1 Å². The molecule has 4 rings (SSSR count). The minimum absolute atomic E-state index is 0.341. The lowest BCUT2D eigenvalue weighted by Crippen LogP contribution is -2.37. The van der Waals surface area contributed by atoms with E-state index in [-0.39, 0.29) is 11.2 Å². The van der Waals surface area contributed by atoms with Gasteiger partial charge in [-0.1, -0.05) is 23.9 Å². The Bertz CT molecular complexity index is 1230. The van der Waals surface area contributed by atoms with Gasteiger partial charge in [-0.3, -0.25) is 13.9 Å². The minimum atomic E-state index is -0.386. The first-order valence-electron chi connectivity index (χ1n) is 8.33. The van der Waals surface area contributed by atoms with Gasteiger partial charge in [0, 0.05) is 33.4 Å². The van der Waals surface area contributed by atoms with Crippen molar-refractivity contribution in [2.45, 2.75) is 10.9 Å². The smallest absolute Gasteiger partial charge is 0.332 e. The molecule has 1 aromatic carbocycles. The number of hydrogen-bond donors (Lipinski definition) is 1. The molecule has 8 nitrogen and oxygen atoms in total. The van der Waals surface area contributed by atoms with Crippen molar-refractivity contribution in [2.24, 2.45) is 14.1 Å². The zero-order valence-electron chi connectivity index (χ0n) is 15.1. The van der Waals surface area contributed by atoms with Crippen LogP contribution in [0, 0.1) is 0 Å². The van der Waals surface area contributed by atoms with Crippen LogP contribution in [-0.4, -0.2) is 36.5 Å². The lowest BCUT2D eigenvalue weighted by atomic mass is 10.3. The molecule has 0 atom stereocenters. The molecule has 0 unspecified atom stereocenters. The van der Waals surface area contributed by atoms with E-state index in [0.29, 0.717) is 23.7 Å². The third kappa shape index (κ3) is 2.94. The number of rotatable bonds is 5. The molecule has 4 aromatic rings. The molecule has 27 heavy (non-hydrogen) atoms. The molecule has 0 radical (unpaired) electrons. The van der Waals surface area contributed by atoms with E-state index in [4.69, 9.17) is 0 Å². The van der Waals surface area contributed by atoms with Crippen molar-refractivity contribution in [1.82, 2.24) is 23.7 Å². The Morgan fingerprint density at radius 1 is 1.15 bits per heavy atom. The molecule has 0 aliphatic heterocycles. The third-order valence-corrected chi connectivity index (χ3v) is 6.55. The molecule has 3 aromatic heterocycles. The molecule has 0 amide bonds. The van der Waals surface area contributed by atoms with Gasteiger partial charge in [-0.15, -0.1) is 11.3 Å². The van der Waals surface area contributed by atoms with E-state index in [9.17, 15) is 9.59 Å². The highest BCUT2D eigenvalue weighted by Gasteiger charge is 2.18. The molecule has 0 spiro atoms. The lowest BCUT2D eigenvalue weighted by Gasteiger charge is -2.08. The molecular weight excluding hydrogens is 384 g/mol. The summed E-state index contributed by atoms with van der Waals surface area (Å²) in [6.45, 7) is 0.570. The summed E-state index contributed by atoms with van der Waals surface area (Å²) in [6, 6.07) is 8.05. The predicted molar refractivity (Wildman–Crippen MR) is 110 cm³/mol. The van der Waals surface area contributed by atoms with Gasteiger partial charge in [0.25, 0.3) is 5.56 Å². The summed E-state index contributed by atoms with van der Waals surface area (Å²) in [5.41, 5.74) is 1.08. The van der Waals surface area contributed by atoms with Crippen LogP contribution in [0.25, 0.3) is 21.4 Å². The van der Waals surface area contributed by atoms with Crippen molar-refractivity contribution in [1.29, 1.82) is 0 Å². The molecule has 10 heteroatoms. The maximum atomic E-state index is 12.6. The van der Waals surface area contributed by atoms with Gasteiger partial charge in [0.1, 0.15) is 0 Å². The highest BCUT2D eigenvalue weighted by atomic mass is 32.2. The summed E-state index contributed by atoms with van der Waals surface area (Å²) in [5, 5.41) is 3.01. The van der Waals surface area contributed by atoms with E-state index >= 15 is 0 Å². The molecule has 1 N–H and O–H groups in total. The number of thioether (sulfide) groups is 1.